The molecule has 0 atom stereocenters. The summed E-state index contributed by atoms with van der Waals surface area (Å²) in [5.41, 5.74) is 2.01. The molecule has 0 aromatic carbocycles. The van der Waals surface area contributed by atoms with Crippen molar-refractivity contribution in [2.45, 2.75) is 26.7 Å². The summed E-state index contributed by atoms with van der Waals surface area (Å²) < 4.78 is 6.91. The molecule has 1 N–H and O–H groups in total. The molecule has 0 bridgehead atoms. The first-order chi connectivity index (χ1) is 11.5. The molecule has 0 aliphatic carbocycles. The summed E-state index contributed by atoms with van der Waals surface area (Å²) in [6, 6.07) is 0. The summed E-state index contributed by atoms with van der Waals surface area (Å²) in [5, 5.41) is 14.7. The number of carbonyl (C=O) groups is 1. The fourth-order valence-electron chi connectivity index (χ4n) is 3.21. The number of aryl methyl sites for hydroxylation is 1. The van der Waals surface area contributed by atoms with Crippen LogP contribution in [0.3, 0.4) is 0 Å². The molecule has 3 heterocycles. The highest BCUT2D eigenvalue weighted by molar-refractivity contribution is 6.04. The van der Waals surface area contributed by atoms with Crippen LogP contribution < -0.4 is 4.90 Å². The molecule has 0 saturated carbocycles. The molecule has 0 amide bonds. The molecule has 1 aliphatic heterocycles. The van der Waals surface area contributed by atoms with Gasteiger partial charge in [-0.2, -0.15) is 5.10 Å². The number of piperidine rings is 1. The lowest BCUT2D eigenvalue weighted by molar-refractivity contribution is 0.0526. The van der Waals surface area contributed by atoms with Gasteiger partial charge in [-0.05, 0) is 25.2 Å². The zero-order chi connectivity index (χ0) is 17.3. The van der Waals surface area contributed by atoms with Gasteiger partial charge in [-0.15, -0.1) is 0 Å². The quantitative estimate of drug-likeness (QED) is 0.859. The van der Waals surface area contributed by atoms with Crippen molar-refractivity contribution in [3.05, 3.63) is 18.0 Å². The Morgan fingerprint density at radius 1 is 1.38 bits per heavy atom. The van der Waals surface area contributed by atoms with E-state index in [9.17, 15) is 9.90 Å². The minimum atomic E-state index is -0.360. The predicted octanol–water partition coefficient (Wildman–Crippen LogP) is 1.74. The molecule has 130 valence electrons. The van der Waals surface area contributed by atoms with Gasteiger partial charge in [0.1, 0.15) is 5.56 Å². The highest BCUT2D eigenvalue weighted by Gasteiger charge is 2.32. The van der Waals surface area contributed by atoms with Gasteiger partial charge in [-0.3, -0.25) is 4.68 Å². The minimum absolute atomic E-state index is 0.0539. The normalized spacial score (nSPS) is 17.2. The maximum Gasteiger partial charge on any atom is 0.341 e. The third-order valence-corrected chi connectivity index (χ3v) is 4.90. The van der Waals surface area contributed by atoms with Crippen molar-refractivity contribution < 1.29 is 14.6 Å². The molecule has 0 unspecified atom stereocenters. The van der Waals surface area contributed by atoms with Crippen molar-refractivity contribution in [2.75, 3.05) is 31.2 Å². The molecular formula is C17H24N4O3. The second-order valence-corrected chi connectivity index (χ2v) is 6.70. The number of aromatic nitrogens is 3. The number of nitrogens with zero attached hydrogens (tertiary/aromatic N) is 4. The van der Waals surface area contributed by atoms with Gasteiger partial charge in [0, 0.05) is 32.9 Å². The third kappa shape index (κ3) is 2.84. The summed E-state index contributed by atoms with van der Waals surface area (Å²) in [7, 11) is 1.84. The Hall–Kier alpha value is -2.15. The number of ether oxygens (including phenoxy) is 1. The van der Waals surface area contributed by atoms with Gasteiger partial charge < -0.3 is 14.7 Å². The summed E-state index contributed by atoms with van der Waals surface area (Å²) in [4.78, 5) is 19.0. The molecule has 7 nitrogen and oxygen atoms in total. The number of pyridine rings is 1. The topological polar surface area (TPSA) is 80.5 Å². The highest BCUT2D eigenvalue weighted by Crippen LogP contribution is 2.36. The predicted molar refractivity (Wildman–Crippen MR) is 91.1 cm³/mol. The van der Waals surface area contributed by atoms with E-state index >= 15 is 0 Å². The Kier molecular flexibility index (Phi) is 4.45. The SMILES string of the molecule is CCOC(=O)c1cnc2c(cnn2C)c1N1CCC(C)(CO)CC1. The Labute approximate surface area is 141 Å². The fraction of sp³-hybridized carbons (Fsp3) is 0.588. The lowest BCUT2D eigenvalue weighted by Crippen LogP contribution is -2.41. The van der Waals surface area contributed by atoms with Crippen LogP contribution in [0.1, 0.15) is 37.0 Å². The van der Waals surface area contributed by atoms with E-state index < -0.39 is 0 Å². The smallest absolute Gasteiger partial charge is 0.341 e. The number of hydrogen-bond acceptors (Lipinski definition) is 6. The number of fused-ring (bicyclic) bond motifs is 1. The second-order valence-electron chi connectivity index (χ2n) is 6.70. The number of aliphatic hydroxyl groups is 1. The van der Waals surface area contributed by atoms with E-state index in [2.05, 4.69) is 21.9 Å². The van der Waals surface area contributed by atoms with Crippen molar-refractivity contribution >= 4 is 22.7 Å². The first-order valence-electron chi connectivity index (χ1n) is 8.33. The van der Waals surface area contributed by atoms with E-state index in [1.807, 2.05) is 7.05 Å². The first-order valence-corrected chi connectivity index (χ1v) is 8.33. The zero-order valence-corrected chi connectivity index (χ0v) is 14.4. The molecular weight excluding hydrogens is 308 g/mol. The Morgan fingerprint density at radius 3 is 2.71 bits per heavy atom. The Balaban J connectivity index is 2.04. The van der Waals surface area contributed by atoms with Crippen LogP contribution in [-0.2, 0) is 11.8 Å². The van der Waals surface area contributed by atoms with Gasteiger partial charge >= 0.3 is 5.97 Å². The average molecular weight is 332 g/mol. The summed E-state index contributed by atoms with van der Waals surface area (Å²) >= 11 is 0. The highest BCUT2D eigenvalue weighted by atomic mass is 16.5. The van der Waals surface area contributed by atoms with E-state index in [4.69, 9.17) is 4.74 Å². The van der Waals surface area contributed by atoms with E-state index in [-0.39, 0.29) is 18.0 Å². The van der Waals surface area contributed by atoms with E-state index in [0.717, 1.165) is 42.7 Å². The molecule has 7 heteroatoms. The van der Waals surface area contributed by atoms with E-state index in [1.54, 1.807) is 24.0 Å². The number of rotatable bonds is 4. The van der Waals surface area contributed by atoms with Crippen LogP contribution >= 0.6 is 0 Å². The van der Waals surface area contributed by atoms with Crippen LogP contribution in [0.4, 0.5) is 5.69 Å². The molecule has 1 aliphatic rings. The van der Waals surface area contributed by atoms with Crippen LogP contribution in [0.2, 0.25) is 0 Å². The monoisotopic (exact) mass is 332 g/mol. The largest absolute Gasteiger partial charge is 0.462 e. The van der Waals surface area contributed by atoms with Gasteiger partial charge in [0.15, 0.2) is 5.65 Å². The lowest BCUT2D eigenvalue weighted by atomic mass is 9.81. The summed E-state index contributed by atoms with van der Waals surface area (Å²) in [6.45, 7) is 5.95. The van der Waals surface area contributed by atoms with Gasteiger partial charge in [-0.25, -0.2) is 9.78 Å². The van der Waals surface area contributed by atoms with Crippen molar-refractivity contribution in [1.29, 1.82) is 0 Å². The number of carbonyl (C=O) groups excluding carboxylic acids is 1. The molecule has 2 aromatic rings. The van der Waals surface area contributed by atoms with E-state index in [0.29, 0.717) is 12.2 Å². The van der Waals surface area contributed by atoms with Crippen LogP contribution in [0.5, 0.6) is 0 Å². The minimum Gasteiger partial charge on any atom is -0.462 e. The standard InChI is InChI=1S/C17H24N4O3/c1-4-24-16(23)13-9-18-15-12(10-19-20(15)3)14(13)21-7-5-17(2,11-22)6-8-21/h9-10,22H,4-8,11H2,1-3H3. The Bertz CT molecular complexity index is 748. The van der Waals surface area contributed by atoms with Crippen LogP contribution in [-0.4, -0.2) is 52.1 Å². The van der Waals surface area contributed by atoms with Gasteiger partial charge in [0.05, 0.1) is 23.9 Å². The number of esters is 1. The van der Waals surface area contributed by atoms with Crippen molar-refractivity contribution in [1.82, 2.24) is 14.8 Å². The van der Waals surface area contributed by atoms with Crippen molar-refractivity contribution in [3.8, 4) is 0 Å². The first kappa shape index (κ1) is 16.7. The number of hydrogen-bond donors (Lipinski definition) is 1. The number of aliphatic hydroxyl groups excluding tert-OH is 1. The summed E-state index contributed by atoms with van der Waals surface area (Å²) in [6.07, 6.45) is 5.07. The van der Waals surface area contributed by atoms with Gasteiger partial charge in [0.2, 0.25) is 0 Å². The zero-order valence-electron chi connectivity index (χ0n) is 14.4. The maximum absolute atomic E-state index is 12.4. The second kappa shape index (κ2) is 6.39. The van der Waals surface area contributed by atoms with Gasteiger partial charge in [-0.1, -0.05) is 6.92 Å². The molecule has 1 saturated heterocycles. The average Bonchev–Trinajstić information content (AvgIpc) is 2.96. The molecule has 0 radical (unpaired) electrons. The van der Waals surface area contributed by atoms with Crippen LogP contribution in [0.15, 0.2) is 12.4 Å². The molecule has 0 spiro atoms. The lowest BCUT2D eigenvalue weighted by Gasteiger charge is -2.40. The molecule has 24 heavy (non-hydrogen) atoms. The maximum atomic E-state index is 12.4. The van der Waals surface area contributed by atoms with Crippen molar-refractivity contribution in [2.24, 2.45) is 12.5 Å². The van der Waals surface area contributed by atoms with Crippen LogP contribution in [0.25, 0.3) is 11.0 Å². The summed E-state index contributed by atoms with van der Waals surface area (Å²) in [5.74, 6) is -0.360. The van der Waals surface area contributed by atoms with Crippen molar-refractivity contribution in [3.63, 3.8) is 0 Å². The Morgan fingerprint density at radius 2 is 2.08 bits per heavy atom. The molecule has 2 aromatic heterocycles. The van der Waals surface area contributed by atoms with Gasteiger partial charge in [0.25, 0.3) is 0 Å². The third-order valence-electron chi connectivity index (χ3n) is 4.90. The number of anilines is 1. The fourth-order valence-corrected chi connectivity index (χ4v) is 3.21. The van der Waals surface area contributed by atoms with E-state index in [1.165, 1.54) is 0 Å². The molecule has 3 rings (SSSR count). The molecule has 1 fully saturated rings. The van der Waals surface area contributed by atoms with Crippen LogP contribution in [0, 0.1) is 5.41 Å².